The van der Waals surface area contributed by atoms with Gasteiger partial charge in [-0.2, -0.15) is 0 Å². The lowest BCUT2D eigenvalue weighted by Crippen LogP contribution is -2.40. The van der Waals surface area contributed by atoms with Crippen LogP contribution in [0, 0.1) is 5.41 Å². The standard InChI is InChI=1S/C6H11N3O2/c1-2-8-6(10)9-3-4-11-5(9)7/h7H,2-4H2,1H3,(H,8,10). The van der Waals surface area contributed by atoms with E-state index in [9.17, 15) is 4.79 Å². The second-order valence-corrected chi connectivity index (χ2v) is 2.14. The third-order valence-electron chi connectivity index (χ3n) is 1.37. The Morgan fingerprint density at radius 1 is 1.91 bits per heavy atom. The van der Waals surface area contributed by atoms with Gasteiger partial charge >= 0.3 is 6.03 Å². The van der Waals surface area contributed by atoms with Gasteiger partial charge in [-0.05, 0) is 6.92 Å². The Hall–Kier alpha value is -1.26. The van der Waals surface area contributed by atoms with Gasteiger partial charge in [0, 0.05) is 6.54 Å². The van der Waals surface area contributed by atoms with Crippen LogP contribution >= 0.6 is 0 Å². The molecule has 5 nitrogen and oxygen atoms in total. The number of hydrogen-bond donors (Lipinski definition) is 2. The maximum absolute atomic E-state index is 11.0. The lowest BCUT2D eigenvalue weighted by molar-refractivity contribution is 0.224. The highest BCUT2D eigenvalue weighted by atomic mass is 16.5. The average Bonchev–Trinajstić information content (AvgIpc) is 2.36. The fraction of sp³-hybridized carbons (Fsp3) is 0.667. The maximum atomic E-state index is 11.0. The van der Waals surface area contributed by atoms with Crippen LogP contribution in [-0.2, 0) is 4.74 Å². The number of nitrogens with one attached hydrogen (secondary N) is 2. The predicted molar refractivity (Wildman–Crippen MR) is 39.5 cm³/mol. The van der Waals surface area contributed by atoms with Crippen LogP contribution in [0.3, 0.4) is 0 Å². The number of nitrogens with zero attached hydrogens (tertiary/aromatic N) is 1. The SMILES string of the molecule is CCNC(=O)N1CCOC1=N. The first kappa shape index (κ1) is 7.84. The zero-order valence-corrected chi connectivity index (χ0v) is 6.39. The maximum Gasteiger partial charge on any atom is 0.325 e. The van der Waals surface area contributed by atoms with Crippen LogP contribution in [0.1, 0.15) is 6.92 Å². The number of hydrogen-bond acceptors (Lipinski definition) is 3. The zero-order chi connectivity index (χ0) is 8.27. The summed E-state index contributed by atoms with van der Waals surface area (Å²) in [6, 6.07) is -0.314. The van der Waals surface area contributed by atoms with E-state index in [1.807, 2.05) is 6.92 Å². The fourth-order valence-electron chi connectivity index (χ4n) is 0.853. The van der Waals surface area contributed by atoms with Gasteiger partial charge in [0.05, 0.1) is 6.54 Å². The predicted octanol–water partition coefficient (Wildman–Crippen LogP) is -0.0171. The topological polar surface area (TPSA) is 65.4 Å². The molecule has 0 aromatic carbocycles. The molecule has 1 saturated heterocycles. The summed E-state index contributed by atoms with van der Waals surface area (Å²) in [6.07, 6.45) is 0. The van der Waals surface area contributed by atoms with E-state index in [0.29, 0.717) is 19.7 Å². The number of rotatable bonds is 1. The van der Waals surface area contributed by atoms with E-state index in [-0.39, 0.29) is 12.1 Å². The van der Waals surface area contributed by atoms with E-state index >= 15 is 0 Å². The Balaban J connectivity index is 2.46. The van der Waals surface area contributed by atoms with E-state index in [4.69, 9.17) is 10.1 Å². The molecular formula is C6H11N3O2. The second kappa shape index (κ2) is 3.23. The van der Waals surface area contributed by atoms with Crippen molar-refractivity contribution in [2.75, 3.05) is 19.7 Å². The Labute approximate surface area is 64.8 Å². The molecule has 0 radical (unpaired) electrons. The lowest BCUT2D eigenvalue weighted by atomic mass is 10.6. The fourth-order valence-corrected chi connectivity index (χ4v) is 0.853. The van der Waals surface area contributed by atoms with Crippen molar-refractivity contribution in [2.45, 2.75) is 6.92 Å². The summed E-state index contributed by atoms with van der Waals surface area (Å²) in [5, 5.41) is 9.74. The van der Waals surface area contributed by atoms with Gasteiger partial charge in [-0.1, -0.05) is 0 Å². The highest BCUT2D eigenvalue weighted by Gasteiger charge is 2.24. The number of carbonyl (C=O) groups excluding carboxylic acids is 1. The van der Waals surface area contributed by atoms with Crippen molar-refractivity contribution in [3.8, 4) is 0 Å². The van der Waals surface area contributed by atoms with Crippen LogP contribution < -0.4 is 5.32 Å². The van der Waals surface area contributed by atoms with Crippen LogP contribution in [0.15, 0.2) is 0 Å². The summed E-state index contributed by atoms with van der Waals surface area (Å²) in [7, 11) is 0. The Morgan fingerprint density at radius 3 is 3.09 bits per heavy atom. The number of amides is 2. The molecule has 0 aromatic rings. The van der Waals surface area contributed by atoms with Gasteiger partial charge < -0.3 is 10.1 Å². The molecule has 1 rings (SSSR count). The number of ether oxygens (including phenoxy) is 1. The minimum absolute atomic E-state index is 0.0593. The summed E-state index contributed by atoms with van der Waals surface area (Å²) in [5.41, 5.74) is 0. The molecule has 0 atom stereocenters. The van der Waals surface area contributed by atoms with Gasteiger partial charge in [0.2, 0.25) is 0 Å². The van der Waals surface area contributed by atoms with Crippen LogP contribution in [0.2, 0.25) is 0 Å². The van der Waals surface area contributed by atoms with Gasteiger partial charge in [0.1, 0.15) is 6.61 Å². The molecule has 1 fully saturated rings. The van der Waals surface area contributed by atoms with Gasteiger partial charge in [-0.25, -0.2) is 9.69 Å². The average molecular weight is 157 g/mol. The molecule has 62 valence electrons. The van der Waals surface area contributed by atoms with Crippen LogP contribution in [0.5, 0.6) is 0 Å². The number of carbonyl (C=O) groups is 1. The molecule has 0 spiro atoms. The number of urea groups is 1. The lowest BCUT2D eigenvalue weighted by Gasteiger charge is -2.11. The number of amidine groups is 1. The van der Waals surface area contributed by atoms with Crippen LogP contribution in [0.4, 0.5) is 4.79 Å². The van der Waals surface area contributed by atoms with Crippen molar-refractivity contribution in [3.05, 3.63) is 0 Å². The highest BCUT2D eigenvalue weighted by molar-refractivity contribution is 5.92. The van der Waals surface area contributed by atoms with Crippen molar-refractivity contribution in [3.63, 3.8) is 0 Å². The molecule has 2 N–H and O–H groups in total. The van der Waals surface area contributed by atoms with Crippen molar-refractivity contribution in [1.29, 1.82) is 5.41 Å². The molecule has 0 aromatic heterocycles. The molecule has 0 aliphatic carbocycles. The molecule has 0 saturated carbocycles. The van der Waals surface area contributed by atoms with E-state index in [1.54, 1.807) is 0 Å². The first-order valence-corrected chi connectivity index (χ1v) is 3.52. The minimum atomic E-state index is -0.255. The molecule has 2 amide bonds. The summed E-state index contributed by atoms with van der Waals surface area (Å²) in [4.78, 5) is 12.3. The van der Waals surface area contributed by atoms with E-state index in [0.717, 1.165) is 0 Å². The van der Waals surface area contributed by atoms with Crippen molar-refractivity contribution >= 4 is 12.1 Å². The van der Waals surface area contributed by atoms with Crippen molar-refractivity contribution < 1.29 is 9.53 Å². The third kappa shape index (κ3) is 1.60. The van der Waals surface area contributed by atoms with Gasteiger partial charge in [-0.3, -0.25) is 5.41 Å². The molecule has 1 heterocycles. The van der Waals surface area contributed by atoms with E-state index in [1.165, 1.54) is 4.90 Å². The van der Waals surface area contributed by atoms with E-state index in [2.05, 4.69) is 5.32 Å². The van der Waals surface area contributed by atoms with Gasteiger partial charge in [-0.15, -0.1) is 0 Å². The molecule has 5 heteroatoms. The monoisotopic (exact) mass is 157 g/mol. The summed E-state index contributed by atoms with van der Waals surface area (Å²) in [5.74, 6) is 0. The summed E-state index contributed by atoms with van der Waals surface area (Å²) >= 11 is 0. The molecule has 0 unspecified atom stereocenters. The van der Waals surface area contributed by atoms with E-state index < -0.39 is 0 Å². The van der Waals surface area contributed by atoms with Crippen LogP contribution in [-0.4, -0.2) is 36.6 Å². The van der Waals surface area contributed by atoms with Gasteiger partial charge in [0.15, 0.2) is 0 Å². The van der Waals surface area contributed by atoms with Crippen molar-refractivity contribution in [2.24, 2.45) is 0 Å². The van der Waals surface area contributed by atoms with Gasteiger partial charge in [0.25, 0.3) is 6.02 Å². The van der Waals surface area contributed by atoms with Crippen molar-refractivity contribution in [1.82, 2.24) is 10.2 Å². The molecule has 1 aliphatic heterocycles. The second-order valence-electron chi connectivity index (χ2n) is 2.14. The quantitative estimate of drug-likeness (QED) is 0.562. The Kier molecular flexibility index (Phi) is 2.30. The normalized spacial score (nSPS) is 16.5. The molecular weight excluding hydrogens is 146 g/mol. The summed E-state index contributed by atoms with van der Waals surface area (Å²) in [6.45, 7) is 3.31. The Morgan fingerprint density at radius 2 is 2.64 bits per heavy atom. The first-order chi connectivity index (χ1) is 5.25. The zero-order valence-electron chi connectivity index (χ0n) is 6.39. The molecule has 1 aliphatic rings. The minimum Gasteiger partial charge on any atom is -0.463 e. The highest BCUT2D eigenvalue weighted by Crippen LogP contribution is 2.00. The smallest absolute Gasteiger partial charge is 0.325 e. The molecule has 11 heavy (non-hydrogen) atoms. The Bertz CT molecular complexity index is 181. The third-order valence-corrected chi connectivity index (χ3v) is 1.37. The summed E-state index contributed by atoms with van der Waals surface area (Å²) < 4.78 is 4.78. The molecule has 0 bridgehead atoms. The first-order valence-electron chi connectivity index (χ1n) is 3.52. The van der Waals surface area contributed by atoms with Crippen LogP contribution in [0.25, 0.3) is 0 Å². The largest absolute Gasteiger partial charge is 0.463 e.